The Morgan fingerprint density at radius 1 is 1.09 bits per heavy atom. The summed E-state index contributed by atoms with van der Waals surface area (Å²) in [6, 6.07) is 10.8. The van der Waals surface area contributed by atoms with Gasteiger partial charge in [0.05, 0.1) is 23.1 Å². The van der Waals surface area contributed by atoms with Crippen LogP contribution in [0.4, 0.5) is 18.9 Å². The first kappa shape index (κ1) is 24.6. The largest absolute Gasteiger partial charge is 0.417 e. The molecular formula is C26H27F3N4O2. The number of nitrogens with two attached hydrogens (primary N) is 1. The van der Waals surface area contributed by atoms with Crippen LogP contribution in [-0.4, -0.2) is 42.9 Å². The molecule has 2 saturated heterocycles. The average molecular weight is 485 g/mol. The summed E-state index contributed by atoms with van der Waals surface area (Å²) in [7, 11) is 0. The fraction of sp³-hybridized carbons (Fsp3) is 0.423. The third kappa shape index (κ3) is 4.57. The van der Waals surface area contributed by atoms with Gasteiger partial charge in [0.15, 0.2) is 0 Å². The number of nitrogens with zero attached hydrogens (tertiary/aromatic N) is 3. The van der Waals surface area contributed by atoms with Gasteiger partial charge in [-0.2, -0.15) is 18.4 Å². The number of rotatable bonds is 3. The van der Waals surface area contributed by atoms with Crippen molar-refractivity contribution in [3.63, 3.8) is 0 Å². The zero-order valence-electron chi connectivity index (χ0n) is 19.7. The number of carbonyl (C=O) groups excluding carboxylic acids is 2. The van der Waals surface area contributed by atoms with Gasteiger partial charge in [0.25, 0.3) is 5.91 Å². The van der Waals surface area contributed by atoms with Gasteiger partial charge in [-0.25, -0.2) is 0 Å². The molecule has 35 heavy (non-hydrogen) atoms. The molecule has 0 radical (unpaired) electrons. The lowest BCUT2D eigenvalue weighted by Gasteiger charge is -2.41. The van der Waals surface area contributed by atoms with E-state index in [-0.39, 0.29) is 12.5 Å². The van der Waals surface area contributed by atoms with E-state index in [1.165, 1.54) is 6.07 Å². The van der Waals surface area contributed by atoms with E-state index in [1.54, 1.807) is 15.9 Å². The highest BCUT2D eigenvalue weighted by molar-refractivity contribution is 5.94. The highest BCUT2D eigenvalue weighted by Gasteiger charge is 2.51. The smallest absolute Gasteiger partial charge is 0.370 e. The quantitative estimate of drug-likeness (QED) is 0.712. The van der Waals surface area contributed by atoms with Gasteiger partial charge in [-0.1, -0.05) is 6.07 Å². The van der Waals surface area contributed by atoms with Crippen molar-refractivity contribution in [2.45, 2.75) is 32.9 Å². The summed E-state index contributed by atoms with van der Waals surface area (Å²) in [5, 5.41) is 9.08. The normalized spacial score (nSPS) is 19.6. The molecule has 184 valence electrons. The van der Waals surface area contributed by atoms with Gasteiger partial charge in [-0.05, 0) is 68.1 Å². The Morgan fingerprint density at radius 3 is 2.34 bits per heavy atom. The third-order valence-corrected chi connectivity index (χ3v) is 7.59. The summed E-state index contributed by atoms with van der Waals surface area (Å²) in [6.07, 6.45) is -3.62. The number of piperidine rings is 1. The molecule has 0 bridgehead atoms. The van der Waals surface area contributed by atoms with Gasteiger partial charge in [0, 0.05) is 42.8 Å². The minimum Gasteiger partial charge on any atom is -0.370 e. The zero-order chi connectivity index (χ0) is 25.5. The van der Waals surface area contributed by atoms with Crippen molar-refractivity contribution in [1.29, 1.82) is 5.26 Å². The molecule has 2 aromatic carbocycles. The van der Waals surface area contributed by atoms with Gasteiger partial charge >= 0.3 is 6.18 Å². The van der Waals surface area contributed by atoms with Crippen LogP contribution >= 0.6 is 0 Å². The van der Waals surface area contributed by atoms with Crippen LogP contribution in [0.15, 0.2) is 36.4 Å². The molecule has 0 aromatic heterocycles. The summed E-state index contributed by atoms with van der Waals surface area (Å²) in [6.45, 7) is 5.36. The van der Waals surface area contributed by atoms with E-state index >= 15 is 0 Å². The second kappa shape index (κ2) is 8.91. The van der Waals surface area contributed by atoms with E-state index in [4.69, 9.17) is 11.0 Å². The molecule has 2 heterocycles. The molecule has 2 aliphatic heterocycles. The molecule has 2 amide bonds. The first-order valence-corrected chi connectivity index (χ1v) is 11.5. The fourth-order valence-electron chi connectivity index (χ4n) is 5.34. The molecule has 9 heteroatoms. The average Bonchev–Trinajstić information content (AvgIpc) is 3.19. The Balaban J connectivity index is 1.55. The molecule has 2 N–H and O–H groups in total. The van der Waals surface area contributed by atoms with Crippen LogP contribution in [0, 0.1) is 36.5 Å². The van der Waals surface area contributed by atoms with E-state index in [9.17, 15) is 22.8 Å². The number of primary amides is 1. The first-order chi connectivity index (χ1) is 16.4. The van der Waals surface area contributed by atoms with Crippen LogP contribution < -0.4 is 10.6 Å². The highest BCUT2D eigenvalue weighted by atomic mass is 19.4. The van der Waals surface area contributed by atoms with Crippen molar-refractivity contribution in [2.75, 3.05) is 31.1 Å². The Kier molecular flexibility index (Phi) is 6.26. The number of carbonyl (C=O) groups is 2. The monoisotopic (exact) mass is 484 g/mol. The molecule has 1 atom stereocenters. The number of nitriles is 1. The van der Waals surface area contributed by atoms with Gasteiger partial charge in [0.1, 0.15) is 0 Å². The fourth-order valence-corrected chi connectivity index (χ4v) is 5.34. The Hall–Kier alpha value is -3.54. The van der Waals surface area contributed by atoms with Crippen LogP contribution in [-0.2, 0) is 11.0 Å². The van der Waals surface area contributed by atoms with Crippen LogP contribution in [0.25, 0.3) is 0 Å². The number of benzene rings is 2. The molecule has 2 fully saturated rings. The summed E-state index contributed by atoms with van der Waals surface area (Å²) in [5.41, 5.74) is 6.81. The second-order valence-corrected chi connectivity index (χ2v) is 9.63. The summed E-state index contributed by atoms with van der Waals surface area (Å²) >= 11 is 0. The summed E-state index contributed by atoms with van der Waals surface area (Å²) < 4.78 is 40.4. The van der Waals surface area contributed by atoms with E-state index in [2.05, 4.69) is 0 Å². The number of anilines is 1. The van der Waals surface area contributed by atoms with Crippen LogP contribution in [0.2, 0.25) is 0 Å². The van der Waals surface area contributed by atoms with Crippen LogP contribution in [0.1, 0.15) is 45.5 Å². The SMILES string of the molecule is Cc1ccc(C(=O)N2CCC3(CC2)CN(c2ccc(C#N)c(C(F)(F)F)c2)CC3C(N)=O)cc1C. The minimum atomic E-state index is -4.67. The summed E-state index contributed by atoms with van der Waals surface area (Å²) in [4.78, 5) is 28.9. The number of alkyl halides is 3. The lowest BCUT2D eigenvalue weighted by atomic mass is 9.70. The number of hydrogen-bond donors (Lipinski definition) is 1. The van der Waals surface area contributed by atoms with Crippen molar-refractivity contribution in [2.24, 2.45) is 17.1 Å². The number of hydrogen-bond acceptors (Lipinski definition) is 4. The first-order valence-electron chi connectivity index (χ1n) is 11.5. The van der Waals surface area contributed by atoms with Crippen molar-refractivity contribution < 1.29 is 22.8 Å². The second-order valence-electron chi connectivity index (χ2n) is 9.63. The molecule has 0 aliphatic carbocycles. The zero-order valence-corrected chi connectivity index (χ0v) is 19.7. The van der Waals surface area contributed by atoms with Crippen molar-refractivity contribution >= 4 is 17.5 Å². The van der Waals surface area contributed by atoms with Crippen LogP contribution in [0.5, 0.6) is 0 Å². The third-order valence-electron chi connectivity index (χ3n) is 7.59. The van der Waals surface area contributed by atoms with E-state index in [0.717, 1.165) is 23.3 Å². The maximum atomic E-state index is 13.5. The number of likely N-dealkylation sites (tertiary alicyclic amines) is 1. The predicted octanol–water partition coefficient (Wildman–Crippen LogP) is 4.04. The molecular weight excluding hydrogens is 457 g/mol. The van der Waals surface area contributed by atoms with Crippen molar-refractivity contribution in [1.82, 2.24) is 4.90 Å². The molecule has 6 nitrogen and oxygen atoms in total. The van der Waals surface area contributed by atoms with E-state index < -0.39 is 34.5 Å². The maximum Gasteiger partial charge on any atom is 0.417 e. The minimum absolute atomic E-state index is 0.0738. The van der Waals surface area contributed by atoms with E-state index in [0.29, 0.717) is 43.7 Å². The maximum absolute atomic E-state index is 13.5. The Morgan fingerprint density at radius 2 is 1.77 bits per heavy atom. The molecule has 2 aromatic rings. The Labute approximate surface area is 202 Å². The molecule has 4 rings (SSSR count). The summed E-state index contributed by atoms with van der Waals surface area (Å²) in [5.74, 6) is -1.12. The van der Waals surface area contributed by atoms with Gasteiger partial charge < -0.3 is 15.5 Å². The Bertz CT molecular complexity index is 1210. The molecule has 0 saturated carbocycles. The number of amides is 2. The molecule has 1 unspecified atom stereocenters. The number of halogens is 3. The predicted molar refractivity (Wildman–Crippen MR) is 125 cm³/mol. The van der Waals surface area contributed by atoms with Gasteiger partial charge in [-0.15, -0.1) is 0 Å². The standard InChI is InChI=1S/C26H27F3N4O2/c1-16-3-4-18(11-17(16)2)24(35)32-9-7-25(8-10-32)15-33(14-22(25)23(31)34)20-6-5-19(13-30)21(12-20)26(27,28)29/h3-6,11-12,22H,7-10,14-15H2,1-2H3,(H2,31,34). The lowest BCUT2D eigenvalue weighted by Crippen LogP contribution is -2.49. The number of aryl methyl sites for hydroxylation is 2. The molecule has 2 aliphatic rings. The highest BCUT2D eigenvalue weighted by Crippen LogP contribution is 2.47. The van der Waals surface area contributed by atoms with Crippen molar-refractivity contribution in [3.8, 4) is 6.07 Å². The van der Waals surface area contributed by atoms with E-state index in [1.807, 2.05) is 32.0 Å². The lowest BCUT2D eigenvalue weighted by molar-refractivity contribution is -0.137. The van der Waals surface area contributed by atoms with Gasteiger partial charge in [0.2, 0.25) is 5.91 Å². The molecule has 1 spiro atoms. The van der Waals surface area contributed by atoms with Crippen molar-refractivity contribution in [3.05, 3.63) is 64.2 Å². The van der Waals surface area contributed by atoms with Gasteiger partial charge in [-0.3, -0.25) is 9.59 Å². The topological polar surface area (TPSA) is 90.4 Å². The van der Waals surface area contributed by atoms with Crippen LogP contribution in [0.3, 0.4) is 0 Å².